The summed E-state index contributed by atoms with van der Waals surface area (Å²) >= 11 is 8.07. The van der Waals surface area contributed by atoms with Crippen molar-refractivity contribution in [2.24, 2.45) is 11.1 Å². The van der Waals surface area contributed by atoms with Gasteiger partial charge in [0.1, 0.15) is 16.5 Å². The first kappa shape index (κ1) is 23.1. The second-order valence-corrected chi connectivity index (χ2v) is 10.8. The molecule has 10 heteroatoms. The molecule has 3 aliphatic rings. The second kappa shape index (κ2) is 9.19. The van der Waals surface area contributed by atoms with Crippen LogP contribution in [0.25, 0.3) is 0 Å². The van der Waals surface area contributed by atoms with Gasteiger partial charge in [-0.3, -0.25) is 0 Å². The number of piperidine rings is 1. The topological polar surface area (TPSA) is 109 Å². The zero-order valence-electron chi connectivity index (χ0n) is 19.1. The van der Waals surface area contributed by atoms with E-state index in [1.54, 1.807) is 6.20 Å². The number of nitrogens with one attached hydrogen (secondary N) is 1. The van der Waals surface area contributed by atoms with Crippen molar-refractivity contribution in [3.05, 3.63) is 28.7 Å². The Morgan fingerprint density at radius 2 is 2.09 bits per heavy atom. The molecule has 5 rings (SSSR count). The maximum absolute atomic E-state index is 10.1. The smallest absolute Gasteiger partial charge is 0.153 e. The third-order valence-corrected chi connectivity index (χ3v) is 8.75. The number of hydrogen-bond donors (Lipinski definition) is 3. The minimum atomic E-state index is -0.171. The molecule has 1 aliphatic carbocycles. The molecule has 8 nitrogen and oxygen atoms in total. The van der Waals surface area contributed by atoms with Crippen LogP contribution in [0.1, 0.15) is 44.0 Å². The number of nitrogens with zero attached hydrogens (tertiary/aromatic N) is 4. The lowest BCUT2D eigenvalue weighted by Gasteiger charge is -2.42. The number of aliphatic hydroxyl groups excluding tert-OH is 1. The zero-order chi connectivity index (χ0) is 23.2. The summed E-state index contributed by atoms with van der Waals surface area (Å²) in [5.74, 6) is 1.46. The molecule has 2 saturated heterocycles. The summed E-state index contributed by atoms with van der Waals surface area (Å²) in [6.45, 7) is 6.21. The summed E-state index contributed by atoms with van der Waals surface area (Å²) < 4.78 is 5.84. The van der Waals surface area contributed by atoms with Crippen LogP contribution in [0, 0.1) is 12.3 Å². The van der Waals surface area contributed by atoms with Crippen LogP contribution in [-0.2, 0) is 11.3 Å². The van der Waals surface area contributed by atoms with Gasteiger partial charge in [0.25, 0.3) is 0 Å². The molecule has 0 aromatic carbocycles. The Kier molecular flexibility index (Phi) is 6.43. The van der Waals surface area contributed by atoms with Crippen molar-refractivity contribution in [3.8, 4) is 0 Å². The highest BCUT2D eigenvalue weighted by Crippen LogP contribution is 2.43. The molecule has 0 bridgehead atoms. The van der Waals surface area contributed by atoms with Gasteiger partial charge in [-0.15, -0.1) is 0 Å². The van der Waals surface area contributed by atoms with Crippen molar-refractivity contribution in [3.63, 3.8) is 0 Å². The first-order valence-corrected chi connectivity index (χ1v) is 12.8. The van der Waals surface area contributed by atoms with E-state index in [4.69, 9.17) is 32.0 Å². The number of aromatic nitrogens is 3. The van der Waals surface area contributed by atoms with Crippen LogP contribution in [0.5, 0.6) is 0 Å². The Morgan fingerprint density at radius 3 is 2.73 bits per heavy atom. The van der Waals surface area contributed by atoms with Gasteiger partial charge in [0.05, 0.1) is 30.0 Å². The Labute approximate surface area is 203 Å². The monoisotopic (exact) mass is 490 g/mol. The lowest BCUT2D eigenvalue weighted by molar-refractivity contribution is 0.0973. The molecule has 33 heavy (non-hydrogen) atoms. The molecule has 1 spiro atoms. The average Bonchev–Trinajstić information content (AvgIpc) is 3.60. The Hall–Kier alpha value is -1.65. The SMILES string of the molecule is Cc1nc(N2CCC3(CC2)CO[C@@H](C)[C@H]3N)c(CO)nc1Sc1ccnc(NC2CC2)c1Cl. The first-order chi connectivity index (χ1) is 15.9. The third-order valence-electron chi connectivity index (χ3n) is 7.11. The number of anilines is 2. The van der Waals surface area contributed by atoms with Crippen LogP contribution in [0.4, 0.5) is 11.6 Å². The van der Waals surface area contributed by atoms with E-state index in [0.717, 1.165) is 66.8 Å². The van der Waals surface area contributed by atoms with Crippen molar-refractivity contribution in [1.82, 2.24) is 15.0 Å². The Balaban J connectivity index is 1.34. The van der Waals surface area contributed by atoms with E-state index >= 15 is 0 Å². The maximum Gasteiger partial charge on any atom is 0.153 e. The predicted octanol–water partition coefficient (Wildman–Crippen LogP) is 3.38. The molecule has 178 valence electrons. The lowest BCUT2D eigenvalue weighted by atomic mass is 9.73. The normalized spacial score (nSPS) is 24.5. The summed E-state index contributed by atoms with van der Waals surface area (Å²) in [6.07, 6.45) is 6.05. The molecule has 4 N–H and O–H groups in total. The van der Waals surface area contributed by atoms with E-state index in [1.165, 1.54) is 11.8 Å². The molecule has 2 aliphatic heterocycles. The molecular formula is C23H31ClN6O2S. The molecule has 0 amide bonds. The fourth-order valence-electron chi connectivity index (χ4n) is 4.75. The number of hydrogen-bond acceptors (Lipinski definition) is 9. The van der Waals surface area contributed by atoms with Gasteiger partial charge < -0.3 is 25.8 Å². The fraction of sp³-hybridized carbons (Fsp3) is 0.609. The van der Waals surface area contributed by atoms with Gasteiger partial charge in [-0.25, -0.2) is 15.0 Å². The van der Waals surface area contributed by atoms with Crippen LogP contribution in [0.3, 0.4) is 0 Å². The van der Waals surface area contributed by atoms with E-state index in [1.807, 2.05) is 13.0 Å². The molecule has 2 aromatic rings. The van der Waals surface area contributed by atoms with Gasteiger partial charge in [0, 0.05) is 41.7 Å². The molecule has 0 radical (unpaired) electrons. The summed E-state index contributed by atoms with van der Waals surface area (Å²) in [6, 6.07) is 2.42. The summed E-state index contributed by atoms with van der Waals surface area (Å²) in [5.41, 5.74) is 7.90. The molecule has 3 fully saturated rings. The molecule has 1 saturated carbocycles. The average molecular weight is 491 g/mol. The zero-order valence-corrected chi connectivity index (χ0v) is 20.6. The summed E-state index contributed by atoms with van der Waals surface area (Å²) in [5, 5.41) is 14.8. The summed E-state index contributed by atoms with van der Waals surface area (Å²) in [4.78, 5) is 17.1. The molecule has 0 unspecified atom stereocenters. The van der Waals surface area contributed by atoms with E-state index in [2.05, 4.69) is 22.1 Å². The highest BCUT2D eigenvalue weighted by molar-refractivity contribution is 7.99. The van der Waals surface area contributed by atoms with Gasteiger partial charge in [-0.05, 0) is 45.6 Å². The van der Waals surface area contributed by atoms with Gasteiger partial charge in [-0.2, -0.15) is 0 Å². The van der Waals surface area contributed by atoms with E-state index < -0.39 is 0 Å². The van der Waals surface area contributed by atoms with E-state index in [-0.39, 0.29) is 24.2 Å². The summed E-state index contributed by atoms with van der Waals surface area (Å²) in [7, 11) is 0. The Bertz CT molecular complexity index is 1030. The number of nitrogens with two attached hydrogens (primary N) is 1. The predicted molar refractivity (Wildman–Crippen MR) is 130 cm³/mol. The van der Waals surface area contributed by atoms with E-state index in [9.17, 15) is 5.11 Å². The highest BCUT2D eigenvalue weighted by atomic mass is 35.5. The van der Waals surface area contributed by atoms with Crippen LogP contribution in [0.2, 0.25) is 5.02 Å². The van der Waals surface area contributed by atoms with Crippen LogP contribution < -0.4 is 16.0 Å². The van der Waals surface area contributed by atoms with Crippen molar-refractivity contribution < 1.29 is 9.84 Å². The van der Waals surface area contributed by atoms with Crippen LogP contribution >= 0.6 is 23.4 Å². The van der Waals surface area contributed by atoms with E-state index in [0.29, 0.717) is 22.6 Å². The van der Waals surface area contributed by atoms with Crippen molar-refractivity contribution in [2.45, 2.75) is 74.2 Å². The number of pyridine rings is 1. The molecule has 2 aromatic heterocycles. The van der Waals surface area contributed by atoms with Gasteiger partial charge in [0.15, 0.2) is 5.82 Å². The third kappa shape index (κ3) is 4.53. The van der Waals surface area contributed by atoms with Gasteiger partial charge >= 0.3 is 0 Å². The molecule has 2 atom stereocenters. The van der Waals surface area contributed by atoms with Crippen molar-refractivity contribution in [1.29, 1.82) is 0 Å². The fourth-order valence-corrected chi connectivity index (χ4v) is 5.90. The maximum atomic E-state index is 10.1. The number of rotatable bonds is 6. The minimum absolute atomic E-state index is 0.0395. The molecular weight excluding hydrogens is 460 g/mol. The van der Waals surface area contributed by atoms with Crippen molar-refractivity contribution in [2.75, 3.05) is 29.9 Å². The lowest BCUT2D eigenvalue weighted by Crippen LogP contribution is -2.51. The number of aryl methyl sites for hydroxylation is 1. The van der Waals surface area contributed by atoms with Crippen LogP contribution in [0.15, 0.2) is 22.2 Å². The second-order valence-electron chi connectivity index (χ2n) is 9.43. The molecule has 4 heterocycles. The van der Waals surface area contributed by atoms with Crippen molar-refractivity contribution >= 4 is 35.0 Å². The van der Waals surface area contributed by atoms with Crippen LogP contribution in [-0.4, -0.2) is 57.9 Å². The quantitative estimate of drug-likeness (QED) is 0.561. The number of halogens is 1. The Morgan fingerprint density at radius 1 is 1.33 bits per heavy atom. The first-order valence-electron chi connectivity index (χ1n) is 11.6. The van der Waals surface area contributed by atoms with Gasteiger partial charge in [-0.1, -0.05) is 23.4 Å². The number of aliphatic hydroxyl groups is 1. The highest BCUT2D eigenvalue weighted by Gasteiger charge is 2.47. The standard InChI is InChI=1S/C23H31ClN6O2S/c1-13-22(33-17-5-8-26-20(18(17)24)28-15-3-4-15)29-16(11-31)21(27-13)30-9-6-23(7-10-30)12-32-14(2)19(23)25/h5,8,14-15,19,31H,3-4,6-7,9-12,25H2,1-2H3,(H,26,28)/t14-,19+/m0/s1. The number of ether oxygens (including phenoxy) is 1. The minimum Gasteiger partial charge on any atom is -0.390 e. The largest absolute Gasteiger partial charge is 0.390 e. The van der Waals surface area contributed by atoms with Gasteiger partial charge in [0.2, 0.25) is 0 Å².